The minimum absolute atomic E-state index is 0.000542. The number of nitriles is 1. The van der Waals surface area contributed by atoms with Gasteiger partial charge in [0.25, 0.3) is 5.91 Å². The smallest absolute Gasteiger partial charge is 0.276 e. The maximum absolute atomic E-state index is 13.6. The number of carbonyl (C=O) groups is 1. The SMILES string of the molecule is Cn1cc2c(c1C(=O)Nc1ccc(F)c(C#N)c1)OC[C@H](Cc1cccnc1)NS2(=O)=O. The van der Waals surface area contributed by atoms with Crippen molar-refractivity contribution in [3.63, 3.8) is 0 Å². The molecular weight excluding hydrogens is 437 g/mol. The van der Waals surface area contributed by atoms with Crippen molar-refractivity contribution in [2.45, 2.75) is 17.4 Å². The number of benzene rings is 1. The van der Waals surface area contributed by atoms with E-state index in [1.165, 1.54) is 29.9 Å². The van der Waals surface area contributed by atoms with Crippen molar-refractivity contribution in [3.8, 4) is 11.8 Å². The van der Waals surface area contributed by atoms with E-state index in [2.05, 4.69) is 15.0 Å². The number of hydrogen-bond acceptors (Lipinski definition) is 6. The summed E-state index contributed by atoms with van der Waals surface area (Å²) in [5.74, 6) is -1.45. The van der Waals surface area contributed by atoms with Gasteiger partial charge in [0.1, 0.15) is 23.4 Å². The van der Waals surface area contributed by atoms with Gasteiger partial charge in [-0.05, 0) is 36.2 Å². The third-order valence-electron chi connectivity index (χ3n) is 4.91. The van der Waals surface area contributed by atoms with Crippen LogP contribution in [0.4, 0.5) is 10.1 Å². The Morgan fingerprint density at radius 2 is 2.25 bits per heavy atom. The van der Waals surface area contributed by atoms with Gasteiger partial charge >= 0.3 is 0 Å². The van der Waals surface area contributed by atoms with E-state index in [1.807, 2.05) is 6.07 Å². The third kappa shape index (κ3) is 4.18. The molecule has 0 bridgehead atoms. The first-order valence-electron chi connectivity index (χ1n) is 9.53. The summed E-state index contributed by atoms with van der Waals surface area (Å²) >= 11 is 0. The largest absolute Gasteiger partial charge is 0.488 e. The van der Waals surface area contributed by atoms with Crippen molar-refractivity contribution >= 4 is 21.6 Å². The number of amides is 1. The lowest BCUT2D eigenvalue weighted by atomic mass is 10.1. The van der Waals surface area contributed by atoms with Gasteiger partial charge in [0.05, 0.1) is 11.6 Å². The fourth-order valence-corrected chi connectivity index (χ4v) is 4.87. The molecule has 9 nitrogen and oxygen atoms in total. The van der Waals surface area contributed by atoms with Crippen LogP contribution in [-0.4, -0.2) is 36.5 Å². The van der Waals surface area contributed by atoms with E-state index in [4.69, 9.17) is 10.00 Å². The molecule has 0 unspecified atom stereocenters. The summed E-state index contributed by atoms with van der Waals surface area (Å²) in [4.78, 5) is 16.8. The number of carbonyl (C=O) groups excluding carboxylic acids is 1. The standard InChI is InChI=1S/C21H18FN5O4S/c1-27-11-18-20(19(27)21(28)25-15-4-5-17(22)14(8-15)9-23)31-12-16(26-32(18,29)30)7-13-3-2-6-24-10-13/h2-6,8,10-11,16,26H,7,12H2,1H3,(H,25,28)/t16-/m0/s1. The number of hydrogen-bond donors (Lipinski definition) is 2. The second-order valence-electron chi connectivity index (χ2n) is 7.24. The second kappa shape index (κ2) is 8.41. The third-order valence-corrected chi connectivity index (χ3v) is 6.42. The predicted octanol–water partition coefficient (Wildman–Crippen LogP) is 1.97. The molecule has 2 N–H and O–H groups in total. The molecule has 2 aromatic heterocycles. The molecule has 1 aromatic carbocycles. The van der Waals surface area contributed by atoms with E-state index in [-0.39, 0.29) is 34.2 Å². The van der Waals surface area contributed by atoms with E-state index >= 15 is 0 Å². The summed E-state index contributed by atoms with van der Waals surface area (Å²) in [5, 5.41) is 11.5. The van der Waals surface area contributed by atoms with Crippen LogP contribution in [0.3, 0.4) is 0 Å². The first kappa shape index (κ1) is 21.5. The number of halogens is 1. The van der Waals surface area contributed by atoms with Crippen LogP contribution in [-0.2, 0) is 23.5 Å². The lowest BCUT2D eigenvalue weighted by Crippen LogP contribution is -2.38. The molecule has 32 heavy (non-hydrogen) atoms. The zero-order valence-corrected chi connectivity index (χ0v) is 17.7. The molecule has 0 radical (unpaired) electrons. The van der Waals surface area contributed by atoms with E-state index in [0.717, 1.165) is 11.6 Å². The highest BCUT2D eigenvalue weighted by atomic mass is 32.2. The molecule has 1 amide bonds. The van der Waals surface area contributed by atoms with Crippen molar-refractivity contribution in [2.24, 2.45) is 7.05 Å². The molecule has 1 atom stereocenters. The lowest BCUT2D eigenvalue weighted by Gasteiger charge is -2.15. The van der Waals surface area contributed by atoms with E-state index < -0.39 is 27.8 Å². The van der Waals surface area contributed by atoms with Crippen LogP contribution in [0.2, 0.25) is 0 Å². The van der Waals surface area contributed by atoms with Gasteiger partial charge in [-0.15, -0.1) is 0 Å². The summed E-state index contributed by atoms with van der Waals surface area (Å²) in [6.07, 6.45) is 4.92. The highest BCUT2D eigenvalue weighted by molar-refractivity contribution is 7.89. The number of nitrogens with zero attached hydrogens (tertiary/aromatic N) is 3. The average Bonchev–Trinajstić information content (AvgIpc) is 3.05. The quantitative estimate of drug-likeness (QED) is 0.619. The number of rotatable bonds is 4. The maximum atomic E-state index is 13.6. The van der Waals surface area contributed by atoms with Crippen LogP contribution in [0, 0.1) is 17.1 Å². The lowest BCUT2D eigenvalue weighted by molar-refractivity contribution is 0.101. The molecule has 3 aromatic rings. The van der Waals surface area contributed by atoms with Crippen molar-refractivity contribution in [2.75, 3.05) is 11.9 Å². The number of aryl methyl sites for hydroxylation is 1. The summed E-state index contributed by atoms with van der Waals surface area (Å²) in [6.45, 7) is 0.000542. The molecule has 0 saturated heterocycles. The van der Waals surface area contributed by atoms with Gasteiger partial charge in [-0.1, -0.05) is 6.07 Å². The molecule has 11 heteroatoms. The Balaban J connectivity index is 1.62. The monoisotopic (exact) mass is 455 g/mol. The van der Waals surface area contributed by atoms with Gasteiger partial charge in [0.15, 0.2) is 11.4 Å². The summed E-state index contributed by atoms with van der Waals surface area (Å²) in [7, 11) is -2.45. The Hall–Kier alpha value is -3.75. The first-order valence-corrected chi connectivity index (χ1v) is 11.0. The number of nitrogens with one attached hydrogen (secondary N) is 2. The molecule has 164 valence electrons. The summed E-state index contributed by atoms with van der Waals surface area (Å²) in [6, 6.07) is 8.28. The van der Waals surface area contributed by atoms with Gasteiger partial charge in [0.2, 0.25) is 10.0 Å². The normalized spacial score (nSPS) is 16.8. The molecule has 0 fully saturated rings. The molecule has 3 heterocycles. The number of ether oxygens (including phenoxy) is 1. The van der Waals surface area contributed by atoms with E-state index in [1.54, 1.807) is 24.5 Å². The fraction of sp³-hybridized carbons (Fsp3) is 0.190. The average molecular weight is 455 g/mol. The van der Waals surface area contributed by atoms with Crippen molar-refractivity contribution in [1.29, 1.82) is 5.26 Å². The number of fused-ring (bicyclic) bond motifs is 1. The predicted molar refractivity (Wildman–Crippen MR) is 112 cm³/mol. The van der Waals surface area contributed by atoms with Gasteiger partial charge in [-0.2, -0.15) is 5.26 Å². The van der Waals surface area contributed by atoms with Crippen LogP contribution in [0.25, 0.3) is 0 Å². The summed E-state index contributed by atoms with van der Waals surface area (Å²) in [5.41, 5.74) is 0.774. The van der Waals surface area contributed by atoms with E-state index in [9.17, 15) is 17.6 Å². The van der Waals surface area contributed by atoms with Gasteiger partial charge in [-0.3, -0.25) is 9.78 Å². The molecule has 0 saturated carbocycles. The summed E-state index contributed by atoms with van der Waals surface area (Å²) < 4.78 is 49.2. The molecule has 0 aliphatic carbocycles. The zero-order valence-electron chi connectivity index (χ0n) is 16.9. The Morgan fingerprint density at radius 3 is 2.97 bits per heavy atom. The second-order valence-corrected chi connectivity index (χ2v) is 8.92. The number of aromatic nitrogens is 2. The van der Waals surface area contributed by atoms with Crippen molar-refractivity contribution in [1.82, 2.24) is 14.3 Å². The number of anilines is 1. The van der Waals surface area contributed by atoms with Crippen LogP contribution in [0.5, 0.6) is 5.75 Å². The highest BCUT2D eigenvalue weighted by Crippen LogP contribution is 2.33. The van der Waals surface area contributed by atoms with E-state index in [0.29, 0.717) is 6.42 Å². The number of sulfonamides is 1. The van der Waals surface area contributed by atoms with Gasteiger partial charge in [0, 0.05) is 31.3 Å². The van der Waals surface area contributed by atoms with Crippen molar-refractivity contribution in [3.05, 3.63) is 71.6 Å². The Bertz CT molecular complexity index is 1330. The van der Waals surface area contributed by atoms with Crippen LogP contribution in [0.15, 0.2) is 53.8 Å². The first-order chi connectivity index (χ1) is 15.3. The van der Waals surface area contributed by atoms with Crippen LogP contribution >= 0.6 is 0 Å². The fourth-order valence-electron chi connectivity index (χ4n) is 3.45. The highest BCUT2D eigenvalue weighted by Gasteiger charge is 2.34. The van der Waals surface area contributed by atoms with Crippen molar-refractivity contribution < 1.29 is 22.3 Å². The van der Waals surface area contributed by atoms with Crippen LogP contribution < -0.4 is 14.8 Å². The minimum Gasteiger partial charge on any atom is -0.488 e. The molecular formula is C21H18FN5O4S. The maximum Gasteiger partial charge on any atom is 0.276 e. The molecule has 0 spiro atoms. The molecule has 4 rings (SSSR count). The molecule has 1 aliphatic rings. The zero-order chi connectivity index (χ0) is 22.9. The minimum atomic E-state index is -3.96. The number of pyridine rings is 1. The van der Waals surface area contributed by atoms with Crippen LogP contribution in [0.1, 0.15) is 21.6 Å². The van der Waals surface area contributed by atoms with Gasteiger partial charge < -0.3 is 14.6 Å². The molecule has 1 aliphatic heterocycles. The Kier molecular flexibility index (Phi) is 5.65. The topological polar surface area (TPSA) is 126 Å². The van der Waals surface area contributed by atoms with Gasteiger partial charge in [-0.25, -0.2) is 17.5 Å². The Labute approximate surface area is 183 Å². The Morgan fingerprint density at radius 1 is 1.44 bits per heavy atom.